The van der Waals surface area contributed by atoms with Crippen LogP contribution >= 0.6 is 0 Å². The Hall–Kier alpha value is -2.13. The summed E-state index contributed by atoms with van der Waals surface area (Å²) in [5.41, 5.74) is -0.118. The number of rotatable bonds is 5. The molecule has 0 aliphatic heterocycles. The van der Waals surface area contributed by atoms with Crippen LogP contribution in [0.15, 0.2) is 4.79 Å². The maximum atomic E-state index is 12.2. The highest BCUT2D eigenvalue weighted by molar-refractivity contribution is 5.82. The summed E-state index contributed by atoms with van der Waals surface area (Å²) >= 11 is 0. The van der Waals surface area contributed by atoms with Gasteiger partial charge in [-0.2, -0.15) is 0 Å². The molecule has 2 heterocycles. The molecule has 2 aromatic heterocycles. The fourth-order valence-corrected chi connectivity index (χ4v) is 3.07. The number of ketones is 1. The second-order valence-electron chi connectivity index (χ2n) is 6.67. The maximum absolute atomic E-state index is 12.2. The van der Waals surface area contributed by atoms with Gasteiger partial charge in [-0.3, -0.25) is 9.59 Å². The van der Waals surface area contributed by atoms with Gasteiger partial charge in [0.1, 0.15) is 11.6 Å². The third-order valence-corrected chi connectivity index (χ3v) is 4.54. The van der Waals surface area contributed by atoms with E-state index in [1.807, 2.05) is 0 Å². The van der Waals surface area contributed by atoms with Crippen LogP contribution in [0.25, 0.3) is 11.2 Å². The highest BCUT2D eigenvalue weighted by Crippen LogP contribution is 2.35. The number of carbonyl (C=O) groups excluding carboxylic acids is 1. The predicted octanol–water partition coefficient (Wildman–Crippen LogP) is -0.413. The quantitative estimate of drug-likeness (QED) is 0.676. The van der Waals surface area contributed by atoms with Gasteiger partial charge in [-0.25, -0.2) is 9.67 Å². The van der Waals surface area contributed by atoms with Gasteiger partial charge >= 0.3 is 0 Å². The van der Waals surface area contributed by atoms with E-state index in [9.17, 15) is 19.8 Å². The van der Waals surface area contributed by atoms with Gasteiger partial charge in [0.25, 0.3) is 5.56 Å². The number of aromatic amines is 1. The van der Waals surface area contributed by atoms with E-state index < -0.39 is 17.7 Å². The summed E-state index contributed by atoms with van der Waals surface area (Å²) in [6.45, 7) is 3.56. The van der Waals surface area contributed by atoms with Crippen molar-refractivity contribution in [1.82, 2.24) is 25.0 Å². The zero-order valence-electron chi connectivity index (χ0n) is 13.6. The molecule has 130 valence electrons. The van der Waals surface area contributed by atoms with Gasteiger partial charge < -0.3 is 15.2 Å². The summed E-state index contributed by atoms with van der Waals surface area (Å²) < 4.78 is 1.44. The van der Waals surface area contributed by atoms with E-state index >= 15 is 0 Å². The number of H-pyrrole nitrogens is 1. The smallest absolute Gasteiger partial charge is 0.281 e. The molecule has 3 atom stereocenters. The minimum absolute atomic E-state index is 0.0116. The molecule has 0 radical (unpaired) electrons. The monoisotopic (exact) mass is 335 g/mol. The van der Waals surface area contributed by atoms with Crippen molar-refractivity contribution in [1.29, 1.82) is 0 Å². The molecule has 1 fully saturated rings. The molecule has 2 aromatic rings. The first-order valence-electron chi connectivity index (χ1n) is 8.06. The Kier molecular flexibility index (Phi) is 4.46. The lowest BCUT2D eigenvalue weighted by Crippen LogP contribution is -2.22. The van der Waals surface area contributed by atoms with Crippen molar-refractivity contribution in [2.45, 2.75) is 45.3 Å². The van der Waals surface area contributed by atoms with E-state index in [-0.39, 0.29) is 47.6 Å². The number of hydrogen-bond donors (Lipinski definition) is 3. The first kappa shape index (κ1) is 16.7. The van der Waals surface area contributed by atoms with Gasteiger partial charge in [0.2, 0.25) is 0 Å². The van der Waals surface area contributed by atoms with E-state index in [1.54, 1.807) is 13.8 Å². The Bertz CT molecular complexity index is 812. The SMILES string of the molecule is CC(C)C(=O)Cc1nc2c(nnn2[C@@H]2C[C@H](CO)C[C@H]2O)c(=O)[nH]1. The molecule has 0 unspecified atom stereocenters. The number of nitrogens with zero attached hydrogens (tertiary/aromatic N) is 4. The lowest BCUT2D eigenvalue weighted by molar-refractivity contribution is -0.121. The Labute approximate surface area is 137 Å². The number of aliphatic hydroxyl groups is 2. The molecular formula is C15H21N5O4. The van der Waals surface area contributed by atoms with E-state index in [0.717, 1.165) is 0 Å². The van der Waals surface area contributed by atoms with Crippen LogP contribution in [0.2, 0.25) is 0 Å². The number of fused-ring (bicyclic) bond motifs is 1. The van der Waals surface area contributed by atoms with Crippen LogP contribution in [0, 0.1) is 11.8 Å². The average Bonchev–Trinajstić information content (AvgIpc) is 3.10. The number of nitrogens with one attached hydrogen (secondary N) is 1. The molecule has 0 spiro atoms. The second kappa shape index (κ2) is 6.40. The minimum Gasteiger partial charge on any atom is -0.396 e. The van der Waals surface area contributed by atoms with E-state index in [2.05, 4.69) is 20.3 Å². The van der Waals surface area contributed by atoms with Crippen LogP contribution in [0.1, 0.15) is 38.6 Å². The van der Waals surface area contributed by atoms with E-state index in [0.29, 0.717) is 12.8 Å². The number of aromatic nitrogens is 5. The Morgan fingerprint density at radius 1 is 1.42 bits per heavy atom. The summed E-state index contributed by atoms with van der Waals surface area (Å²) in [6, 6.07) is -0.393. The summed E-state index contributed by atoms with van der Waals surface area (Å²) in [5.74, 6) is 0.0583. The fourth-order valence-electron chi connectivity index (χ4n) is 3.07. The Morgan fingerprint density at radius 3 is 2.79 bits per heavy atom. The number of hydrogen-bond acceptors (Lipinski definition) is 7. The van der Waals surface area contributed by atoms with Gasteiger partial charge in [0, 0.05) is 12.5 Å². The normalized spacial score (nSPS) is 24.1. The Balaban J connectivity index is 2.00. The fraction of sp³-hybridized carbons (Fsp3) is 0.667. The maximum Gasteiger partial charge on any atom is 0.281 e. The lowest BCUT2D eigenvalue weighted by Gasteiger charge is -2.14. The van der Waals surface area contributed by atoms with Crippen molar-refractivity contribution >= 4 is 16.9 Å². The van der Waals surface area contributed by atoms with Gasteiger partial charge in [-0.15, -0.1) is 5.10 Å². The first-order valence-corrected chi connectivity index (χ1v) is 8.06. The van der Waals surface area contributed by atoms with Crippen LogP contribution in [0.4, 0.5) is 0 Å². The molecule has 1 saturated carbocycles. The summed E-state index contributed by atoms with van der Waals surface area (Å²) in [6.07, 6.45) is 0.337. The number of Topliss-reactive ketones (excluding diaryl/α,β-unsaturated/α-hetero) is 1. The van der Waals surface area contributed by atoms with Gasteiger partial charge in [-0.05, 0) is 18.8 Å². The molecule has 0 amide bonds. The van der Waals surface area contributed by atoms with Crippen molar-refractivity contribution in [2.24, 2.45) is 11.8 Å². The zero-order chi connectivity index (χ0) is 17.4. The molecule has 3 N–H and O–H groups in total. The topological polar surface area (TPSA) is 134 Å². The average molecular weight is 335 g/mol. The van der Waals surface area contributed by atoms with Crippen LogP contribution < -0.4 is 5.56 Å². The molecule has 1 aliphatic carbocycles. The molecule has 0 bridgehead atoms. The number of carbonyl (C=O) groups is 1. The van der Waals surface area contributed by atoms with Crippen molar-refractivity contribution in [3.63, 3.8) is 0 Å². The molecular weight excluding hydrogens is 314 g/mol. The molecule has 0 saturated heterocycles. The molecule has 1 aliphatic rings. The van der Waals surface area contributed by atoms with Crippen molar-refractivity contribution in [3.8, 4) is 0 Å². The predicted molar refractivity (Wildman–Crippen MR) is 84.3 cm³/mol. The number of aliphatic hydroxyl groups excluding tert-OH is 2. The minimum atomic E-state index is -0.686. The molecule has 9 nitrogen and oxygen atoms in total. The van der Waals surface area contributed by atoms with Crippen LogP contribution in [0.5, 0.6) is 0 Å². The molecule has 0 aromatic carbocycles. The van der Waals surface area contributed by atoms with Gasteiger partial charge in [0.05, 0.1) is 18.6 Å². The molecule has 3 rings (SSSR count). The van der Waals surface area contributed by atoms with Crippen LogP contribution in [-0.4, -0.2) is 53.7 Å². The third kappa shape index (κ3) is 2.96. The summed E-state index contributed by atoms with van der Waals surface area (Å²) in [5, 5.41) is 27.3. The zero-order valence-corrected chi connectivity index (χ0v) is 13.6. The largest absolute Gasteiger partial charge is 0.396 e. The lowest BCUT2D eigenvalue weighted by atomic mass is 10.1. The van der Waals surface area contributed by atoms with Crippen LogP contribution in [-0.2, 0) is 11.2 Å². The Morgan fingerprint density at radius 2 is 2.17 bits per heavy atom. The standard InChI is InChI=1S/C15H21N5O4/c1-7(2)10(22)5-12-16-14-13(15(24)17-12)18-19-20(14)9-3-8(6-21)4-11(9)23/h7-9,11,21,23H,3-6H2,1-2H3,(H,16,17,24)/t8-,9+,11+/m0/s1. The molecule has 9 heteroatoms. The third-order valence-electron chi connectivity index (χ3n) is 4.54. The van der Waals surface area contributed by atoms with Crippen molar-refractivity contribution in [2.75, 3.05) is 6.61 Å². The van der Waals surface area contributed by atoms with Gasteiger partial charge in [0.15, 0.2) is 11.2 Å². The molecule has 24 heavy (non-hydrogen) atoms. The summed E-state index contributed by atoms with van der Waals surface area (Å²) in [7, 11) is 0. The van der Waals surface area contributed by atoms with E-state index in [4.69, 9.17) is 0 Å². The van der Waals surface area contributed by atoms with E-state index in [1.165, 1.54) is 4.68 Å². The first-order chi connectivity index (χ1) is 11.4. The summed E-state index contributed by atoms with van der Waals surface area (Å²) in [4.78, 5) is 31.0. The van der Waals surface area contributed by atoms with Gasteiger partial charge in [-0.1, -0.05) is 19.1 Å². The highest BCUT2D eigenvalue weighted by atomic mass is 16.3. The second-order valence-corrected chi connectivity index (χ2v) is 6.67. The van der Waals surface area contributed by atoms with Crippen molar-refractivity contribution in [3.05, 3.63) is 16.2 Å². The highest BCUT2D eigenvalue weighted by Gasteiger charge is 2.36. The van der Waals surface area contributed by atoms with Crippen LogP contribution in [0.3, 0.4) is 0 Å². The van der Waals surface area contributed by atoms with Crippen molar-refractivity contribution < 1.29 is 15.0 Å².